The highest BCUT2D eigenvalue weighted by molar-refractivity contribution is 4.92. The maximum atomic E-state index is 10.8. The van der Waals surface area contributed by atoms with Crippen LogP contribution in [0.15, 0.2) is 0 Å². The molecule has 1 heteroatoms. The van der Waals surface area contributed by atoms with Gasteiger partial charge in [0.2, 0.25) is 0 Å². The fourth-order valence-corrected chi connectivity index (χ4v) is 4.12. The molecule has 1 nitrogen and oxygen atoms in total. The Hall–Kier alpha value is -0.0400. The number of unbranched alkanes of at least 4 members (excludes halogenated alkanes) is 5. The van der Waals surface area contributed by atoms with E-state index in [0.29, 0.717) is 11.3 Å². The van der Waals surface area contributed by atoms with Crippen LogP contribution in [0.25, 0.3) is 0 Å². The van der Waals surface area contributed by atoms with Crippen LogP contribution in [0, 0.1) is 11.3 Å². The SMILES string of the molecule is CCCCCCCCC1(O)CC(C)CC(C)(C)C1. The quantitative estimate of drug-likeness (QED) is 0.610. The summed E-state index contributed by atoms with van der Waals surface area (Å²) in [6.45, 7) is 9.19. The molecule has 1 N–H and O–H groups in total. The molecule has 1 aliphatic rings. The maximum Gasteiger partial charge on any atom is 0.0655 e. The lowest BCUT2D eigenvalue weighted by Crippen LogP contribution is -2.42. The molecule has 0 amide bonds. The van der Waals surface area contributed by atoms with E-state index in [1.807, 2.05) is 0 Å². The molecular formula is C17H34O. The lowest BCUT2D eigenvalue weighted by atomic mass is 9.64. The normalized spacial score (nSPS) is 31.5. The van der Waals surface area contributed by atoms with E-state index in [9.17, 15) is 5.11 Å². The van der Waals surface area contributed by atoms with Crippen molar-refractivity contribution < 1.29 is 5.11 Å². The van der Waals surface area contributed by atoms with Gasteiger partial charge in [0.05, 0.1) is 5.60 Å². The van der Waals surface area contributed by atoms with E-state index in [-0.39, 0.29) is 5.60 Å². The molecule has 1 saturated carbocycles. The van der Waals surface area contributed by atoms with Crippen LogP contribution < -0.4 is 0 Å². The van der Waals surface area contributed by atoms with E-state index in [1.165, 1.54) is 44.9 Å². The van der Waals surface area contributed by atoms with Crippen molar-refractivity contribution in [1.29, 1.82) is 0 Å². The second kappa shape index (κ2) is 6.93. The Morgan fingerprint density at radius 1 is 1.00 bits per heavy atom. The highest BCUT2D eigenvalue weighted by Crippen LogP contribution is 2.45. The molecule has 1 aliphatic carbocycles. The summed E-state index contributed by atoms with van der Waals surface area (Å²) in [6, 6.07) is 0. The minimum Gasteiger partial charge on any atom is -0.390 e. The van der Waals surface area contributed by atoms with Gasteiger partial charge in [0.1, 0.15) is 0 Å². The van der Waals surface area contributed by atoms with E-state index >= 15 is 0 Å². The predicted molar refractivity (Wildman–Crippen MR) is 79.7 cm³/mol. The Kier molecular flexibility index (Phi) is 6.17. The second-order valence-electron chi connectivity index (χ2n) is 7.60. The molecule has 0 bridgehead atoms. The van der Waals surface area contributed by atoms with Gasteiger partial charge in [-0.15, -0.1) is 0 Å². The topological polar surface area (TPSA) is 20.2 Å². The lowest BCUT2D eigenvalue weighted by Gasteiger charge is -2.44. The van der Waals surface area contributed by atoms with Crippen molar-refractivity contribution >= 4 is 0 Å². The van der Waals surface area contributed by atoms with E-state index in [1.54, 1.807) is 0 Å². The third-order valence-corrected chi connectivity index (χ3v) is 4.43. The summed E-state index contributed by atoms with van der Waals surface area (Å²) in [6.07, 6.45) is 12.2. The highest BCUT2D eigenvalue weighted by Gasteiger charge is 2.40. The van der Waals surface area contributed by atoms with Crippen LogP contribution in [0.3, 0.4) is 0 Å². The molecule has 0 aromatic rings. The molecule has 0 aliphatic heterocycles. The van der Waals surface area contributed by atoms with Crippen LogP contribution in [-0.2, 0) is 0 Å². The summed E-state index contributed by atoms with van der Waals surface area (Å²) in [5, 5.41) is 10.8. The lowest BCUT2D eigenvalue weighted by molar-refractivity contribution is -0.0650. The largest absolute Gasteiger partial charge is 0.390 e. The van der Waals surface area contributed by atoms with Crippen LogP contribution in [0.1, 0.15) is 91.9 Å². The van der Waals surface area contributed by atoms with Gasteiger partial charge in [-0.1, -0.05) is 66.2 Å². The van der Waals surface area contributed by atoms with Crippen LogP contribution in [0.2, 0.25) is 0 Å². The van der Waals surface area contributed by atoms with Crippen LogP contribution >= 0.6 is 0 Å². The van der Waals surface area contributed by atoms with Crippen LogP contribution in [-0.4, -0.2) is 10.7 Å². The van der Waals surface area contributed by atoms with Gasteiger partial charge < -0.3 is 5.11 Å². The average molecular weight is 254 g/mol. The van der Waals surface area contributed by atoms with Gasteiger partial charge in [-0.05, 0) is 37.0 Å². The summed E-state index contributed by atoms with van der Waals surface area (Å²) < 4.78 is 0. The first-order valence-electron chi connectivity index (χ1n) is 8.09. The number of hydrogen-bond acceptors (Lipinski definition) is 1. The molecule has 2 atom stereocenters. The smallest absolute Gasteiger partial charge is 0.0655 e. The van der Waals surface area contributed by atoms with Gasteiger partial charge in [-0.3, -0.25) is 0 Å². The number of aliphatic hydroxyl groups is 1. The molecule has 0 radical (unpaired) electrons. The molecule has 1 fully saturated rings. The molecule has 2 unspecified atom stereocenters. The zero-order chi connectivity index (χ0) is 13.6. The summed E-state index contributed by atoms with van der Waals surface area (Å²) in [7, 11) is 0. The predicted octanol–water partition coefficient (Wildman–Crippen LogP) is 5.31. The molecule has 0 heterocycles. The van der Waals surface area contributed by atoms with E-state index in [4.69, 9.17) is 0 Å². The van der Waals surface area contributed by atoms with Crippen LogP contribution in [0.5, 0.6) is 0 Å². The van der Waals surface area contributed by atoms with Crippen molar-refractivity contribution in [2.45, 2.75) is 97.5 Å². The monoisotopic (exact) mass is 254 g/mol. The Morgan fingerprint density at radius 3 is 2.22 bits per heavy atom. The molecule has 18 heavy (non-hydrogen) atoms. The Bertz CT molecular complexity index is 234. The minimum atomic E-state index is -0.369. The van der Waals surface area contributed by atoms with Crippen molar-refractivity contribution in [2.24, 2.45) is 11.3 Å². The number of rotatable bonds is 7. The first-order chi connectivity index (χ1) is 8.37. The van der Waals surface area contributed by atoms with Crippen molar-refractivity contribution in [3.8, 4) is 0 Å². The van der Waals surface area contributed by atoms with E-state index in [2.05, 4.69) is 27.7 Å². The molecule has 0 aromatic carbocycles. The highest BCUT2D eigenvalue weighted by atomic mass is 16.3. The Labute approximate surface area is 114 Å². The Morgan fingerprint density at radius 2 is 1.61 bits per heavy atom. The summed E-state index contributed by atoms with van der Waals surface area (Å²) in [4.78, 5) is 0. The standard InChI is InChI=1S/C17H34O/c1-5-6-7-8-9-10-11-17(18)13-15(2)12-16(3,4)14-17/h15,18H,5-14H2,1-4H3. The van der Waals surface area contributed by atoms with Gasteiger partial charge in [0.25, 0.3) is 0 Å². The van der Waals surface area contributed by atoms with Gasteiger partial charge in [0.15, 0.2) is 0 Å². The van der Waals surface area contributed by atoms with E-state index < -0.39 is 0 Å². The minimum absolute atomic E-state index is 0.328. The third-order valence-electron chi connectivity index (χ3n) is 4.43. The zero-order valence-electron chi connectivity index (χ0n) is 13.1. The summed E-state index contributed by atoms with van der Waals surface area (Å²) in [5.41, 5.74) is -0.0411. The third kappa shape index (κ3) is 5.73. The van der Waals surface area contributed by atoms with Crippen molar-refractivity contribution in [1.82, 2.24) is 0 Å². The average Bonchev–Trinajstić information content (AvgIpc) is 2.19. The second-order valence-corrected chi connectivity index (χ2v) is 7.60. The van der Waals surface area contributed by atoms with Gasteiger partial charge in [-0.25, -0.2) is 0 Å². The van der Waals surface area contributed by atoms with Crippen molar-refractivity contribution in [3.05, 3.63) is 0 Å². The first kappa shape index (κ1) is 16.0. The van der Waals surface area contributed by atoms with Gasteiger partial charge in [-0.2, -0.15) is 0 Å². The molecular weight excluding hydrogens is 220 g/mol. The van der Waals surface area contributed by atoms with Crippen molar-refractivity contribution in [3.63, 3.8) is 0 Å². The molecule has 0 aromatic heterocycles. The van der Waals surface area contributed by atoms with Gasteiger partial charge >= 0.3 is 0 Å². The van der Waals surface area contributed by atoms with E-state index in [0.717, 1.165) is 19.3 Å². The Balaban J connectivity index is 2.26. The zero-order valence-corrected chi connectivity index (χ0v) is 13.1. The molecule has 0 spiro atoms. The van der Waals surface area contributed by atoms with Crippen molar-refractivity contribution in [2.75, 3.05) is 0 Å². The summed E-state index contributed by atoms with van der Waals surface area (Å²) in [5.74, 6) is 0.679. The van der Waals surface area contributed by atoms with Crippen LogP contribution in [0.4, 0.5) is 0 Å². The molecule has 0 saturated heterocycles. The first-order valence-corrected chi connectivity index (χ1v) is 8.09. The van der Waals surface area contributed by atoms with Gasteiger partial charge in [0, 0.05) is 0 Å². The summed E-state index contributed by atoms with van der Waals surface area (Å²) >= 11 is 0. The maximum absolute atomic E-state index is 10.8. The molecule has 1 rings (SSSR count). The fourth-order valence-electron chi connectivity index (χ4n) is 4.12. The number of hydrogen-bond donors (Lipinski definition) is 1. The fraction of sp³-hybridized carbons (Fsp3) is 1.00. The molecule has 108 valence electrons.